The molecule has 5 heteroatoms. The summed E-state index contributed by atoms with van der Waals surface area (Å²) in [7, 11) is 0. The number of likely N-dealkylation sites (tertiary alicyclic amines) is 1. The summed E-state index contributed by atoms with van der Waals surface area (Å²) >= 11 is 0. The number of hydrogen-bond donors (Lipinski definition) is 2. The van der Waals surface area contributed by atoms with Crippen molar-refractivity contribution in [3.8, 4) is 0 Å². The molecule has 1 fully saturated rings. The van der Waals surface area contributed by atoms with Gasteiger partial charge in [-0.15, -0.1) is 0 Å². The minimum Gasteiger partial charge on any atom is -0.342 e. The zero-order chi connectivity index (χ0) is 15.1. The van der Waals surface area contributed by atoms with Crippen molar-refractivity contribution in [2.45, 2.75) is 32.1 Å². The molecule has 1 aliphatic heterocycles. The van der Waals surface area contributed by atoms with Crippen LogP contribution in [0.15, 0.2) is 30.3 Å². The number of hydrogen-bond acceptors (Lipinski definition) is 3. The maximum atomic E-state index is 12.3. The smallest absolute Gasteiger partial charge is 0.243 e. The van der Waals surface area contributed by atoms with Gasteiger partial charge in [-0.05, 0) is 30.7 Å². The van der Waals surface area contributed by atoms with Gasteiger partial charge in [0.05, 0.1) is 6.42 Å². The van der Waals surface area contributed by atoms with Gasteiger partial charge < -0.3 is 4.90 Å². The van der Waals surface area contributed by atoms with E-state index in [1.807, 2.05) is 35.2 Å². The van der Waals surface area contributed by atoms with E-state index in [9.17, 15) is 9.59 Å². The minimum atomic E-state index is -0.359. The van der Waals surface area contributed by atoms with Crippen molar-refractivity contribution in [3.63, 3.8) is 0 Å². The molecule has 1 aromatic rings. The molecule has 2 amide bonds. The first-order valence-electron chi connectivity index (χ1n) is 7.43. The van der Waals surface area contributed by atoms with Crippen LogP contribution in [0, 0.1) is 5.92 Å². The molecule has 5 nitrogen and oxygen atoms in total. The molecule has 1 unspecified atom stereocenters. The molecule has 1 heterocycles. The molecule has 21 heavy (non-hydrogen) atoms. The zero-order valence-electron chi connectivity index (χ0n) is 12.1. The Morgan fingerprint density at radius 1 is 1.29 bits per heavy atom. The first-order valence-corrected chi connectivity index (χ1v) is 7.43. The molecule has 0 aliphatic carbocycles. The van der Waals surface area contributed by atoms with Gasteiger partial charge in [0.2, 0.25) is 11.8 Å². The Labute approximate surface area is 124 Å². The van der Waals surface area contributed by atoms with Crippen LogP contribution < -0.4 is 5.48 Å². The third-order valence-electron chi connectivity index (χ3n) is 3.97. The topological polar surface area (TPSA) is 69.6 Å². The lowest BCUT2D eigenvalue weighted by atomic mass is 9.93. The van der Waals surface area contributed by atoms with Gasteiger partial charge in [-0.2, -0.15) is 0 Å². The largest absolute Gasteiger partial charge is 0.342 e. The summed E-state index contributed by atoms with van der Waals surface area (Å²) < 4.78 is 0. The minimum absolute atomic E-state index is 0.150. The molecule has 0 radical (unpaired) electrons. The Morgan fingerprint density at radius 2 is 2.05 bits per heavy atom. The van der Waals surface area contributed by atoms with E-state index in [-0.39, 0.29) is 11.8 Å². The van der Waals surface area contributed by atoms with Crippen molar-refractivity contribution >= 4 is 11.8 Å². The van der Waals surface area contributed by atoms with Crippen molar-refractivity contribution < 1.29 is 14.8 Å². The van der Waals surface area contributed by atoms with Crippen LogP contribution in [0.2, 0.25) is 0 Å². The second kappa shape index (κ2) is 7.78. The number of rotatable bonds is 5. The van der Waals surface area contributed by atoms with E-state index in [4.69, 9.17) is 5.21 Å². The lowest BCUT2D eigenvalue weighted by molar-refractivity contribution is -0.132. The third kappa shape index (κ3) is 4.86. The maximum absolute atomic E-state index is 12.3. The average molecular weight is 290 g/mol. The molecule has 0 saturated carbocycles. The summed E-state index contributed by atoms with van der Waals surface area (Å²) in [6.45, 7) is 1.51. The number of amides is 2. The Hall–Kier alpha value is -1.88. The second-order valence-corrected chi connectivity index (χ2v) is 5.58. The number of carbonyl (C=O) groups is 2. The molecule has 0 aromatic heterocycles. The van der Waals surface area contributed by atoms with Crippen molar-refractivity contribution in [2.24, 2.45) is 5.92 Å². The van der Waals surface area contributed by atoms with Crippen molar-refractivity contribution in [2.75, 3.05) is 13.1 Å². The van der Waals surface area contributed by atoms with E-state index < -0.39 is 0 Å². The summed E-state index contributed by atoms with van der Waals surface area (Å²) in [6, 6.07) is 9.75. The van der Waals surface area contributed by atoms with Gasteiger partial charge in [0.15, 0.2) is 0 Å². The van der Waals surface area contributed by atoms with E-state index in [1.54, 1.807) is 5.48 Å². The Balaban J connectivity index is 1.82. The van der Waals surface area contributed by atoms with Crippen LogP contribution >= 0.6 is 0 Å². The first kappa shape index (κ1) is 15.5. The number of hydroxylamine groups is 1. The lowest BCUT2D eigenvalue weighted by Crippen LogP contribution is -2.41. The van der Waals surface area contributed by atoms with Crippen LogP contribution in [0.5, 0.6) is 0 Å². The van der Waals surface area contributed by atoms with E-state index in [2.05, 4.69) is 0 Å². The lowest BCUT2D eigenvalue weighted by Gasteiger charge is -2.33. The van der Waals surface area contributed by atoms with Gasteiger partial charge in [0.25, 0.3) is 0 Å². The van der Waals surface area contributed by atoms with Crippen LogP contribution in [0.4, 0.5) is 0 Å². The summed E-state index contributed by atoms with van der Waals surface area (Å²) in [5, 5.41) is 8.50. The highest BCUT2D eigenvalue weighted by atomic mass is 16.5. The molecule has 1 atom stereocenters. The van der Waals surface area contributed by atoms with Gasteiger partial charge in [0, 0.05) is 19.5 Å². The van der Waals surface area contributed by atoms with Crippen LogP contribution in [-0.4, -0.2) is 35.0 Å². The summed E-state index contributed by atoms with van der Waals surface area (Å²) in [4.78, 5) is 25.3. The van der Waals surface area contributed by atoms with Gasteiger partial charge >= 0.3 is 0 Å². The summed E-state index contributed by atoms with van der Waals surface area (Å²) in [5.74, 6) is 0.135. The Bertz CT molecular complexity index is 476. The predicted molar refractivity (Wildman–Crippen MR) is 78.6 cm³/mol. The highest BCUT2D eigenvalue weighted by Crippen LogP contribution is 2.21. The highest BCUT2D eigenvalue weighted by Gasteiger charge is 2.23. The molecule has 1 saturated heterocycles. The van der Waals surface area contributed by atoms with Gasteiger partial charge in [-0.3, -0.25) is 14.8 Å². The Morgan fingerprint density at radius 3 is 2.76 bits per heavy atom. The molecule has 2 N–H and O–H groups in total. The normalized spacial score (nSPS) is 18.3. The van der Waals surface area contributed by atoms with Crippen LogP contribution in [0.3, 0.4) is 0 Å². The Kier molecular flexibility index (Phi) is 5.75. The molecule has 114 valence electrons. The third-order valence-corrected chi connectivity index (χ3v) is 3.97. The van der Waals surface area contributed by atoms with Crippen molar-refractivity contribution in [3.05, 3.63) is 35.9 Å². The fourth-order valence-electron chi connectivity index (χ4n) is 2.80. The van der Waals surface area contributed by atoms with Gasteiger partial charge in [-0.25, -0.2) is 5.48 Å². The fourth-order valence-corrected chi connectivity index (χ4v) is 2.80. The monoisotopic (exact) mass is 290 g/mol. The molecule has 1 aliphatic rings. The standard InChI is InChI=1S/C16H22N2O3/c19-15(17-21)9-8-14-7-4-10-18(12-14)16(20)11-13-5-2-1-3-6-13/h1-3,5-6,14,21H,4,7-12H2,(H,17,19). The fraction of sp³-hybridized carbons (Fsp3) is 0.500. The van der Waals surface area contributed by atoms with Gasteiger partial charge in [0.1, 0.15) is 0 Å². The van der Waals surface area contributed by atoms with Crippen LogP contribution in [-0.2, 0) is 16.0 Å². The van der Waals surface area contributed by atoms with Crippen LogP contribution in [0.25, 0.3) is 0 Å². The molecule has 2 rings (SSSR count). The predicted octanol–water partition coefficient (Wildman–Crippen LogP) is 1.75. The number of benzene rings is 1. The quantitative estimate of drug-likeness (QED) is 0.641. The number of piperidine rings is 1. The SMILES string of the molecule is O=C(CCC1CCCN(C(=O)Cc2ccccc2)C1)NO. The van der Waals surface area contributed by atoms with Crippen molar-refractivity contribution in [1.82, 2.24) is 10.4 Å². The zero-order valence-corrected chi connectivity index (χ0v) is 12.1. The summed E-state index contributed by atoms with van der Waals surface area (Å²) in [5.41, 5.74) is 2.68. The molecule has 1 aromatic carbocycles. The summed E-state index contributed by atoms with van der Waals surface area (Å²) in [6.07, 6.45) is 3.47. The molecular formula is C16H22N2O3. The number of carbonyl (C=O) groups excluding carboxylic acids is 2. The molecule has 0 spiro atoms. The van der Waals surface area contributed by atoms with Crippen molar-refractivity contribution in [1.29, 1.82) is 0 Å². The average Bonchev–Trinajstić information content (AvgIpc) is 2.53. The second-order valence-electron chi connectivity index (χ2n) is 5.58. The first-order chi connectivity index (χ1) is 10.2. The molecular weight excluding hydrogens is 268 g/mol. The maximum Gasteiger partial charge on any atom is 0.243 e. The van der Waals surface area contributed by atoms with Gasteiger partial charge in [-0.1, -0.05) is 30.3 Å². The van der Waals surface area contributed by atoms with E-state index in [1.165, 1.54) is 0 Å². The van der Waals surface area contributed by atoms with E-state index >= 15 is 0 Å². The highest BCUT2D eigenvalue weighted by molar-refractivity contribution is 5.79. The van der Waals surface area contributed by atoms with E-state index in [0.717, 1.165) is 24.9 Å². The van der Waals surface area contributed by atoms with E-state index in [0.29, 0.717) is 31.7 Å². The number of nitrogens with one attached hydrogen (secondary N) is 1. The number of nitrogens with zero attached hydrogens (tertiary/aromatic N) is 1. The van der Waals surface area contributed by atoms with Crippen LogP contribution in [0.1, 0.15) is 31.2 Å². The molecule has 0 bridgehead atoms.